The molecule has 6 nitrogen and oxygen atoms in total. The summed E-state index contributed by atoms with van der Waals surface area (Å²) in [4.78, 5) is 29.0. The minimum Gasteiger partial charge on any atom is -0.289 e. The monoisotopic (exact) mass is 425 g/mol. The van der Waals surface area contributed by atoms with Crippen molar-refractivity contribution in [3.05, 3.63) is 64.2 Å². The van der Waals surface area contributed by atoms with Crippen LogP contribution < -0.4 is 5.56 Å². The highest BCUT2D eigenvalue weighted by Gasteiger charge is 2.31. The van der Waals surface area contributed by atoms with Crippen LogP contribution in [-0.2, 0) is 13.1 Å². The van der Waals surface area contributed by atoms with E-state index in [2.05, 4.69) is 19.9 Å². The predicted octanol–water partition coefficient (Wildman–Crippen LogP) is 4.06. The van der Waals surface area contributed by atoms with E-state index in [0.717, 1.165) is 43.6 Å². The van der Waals surface area contributed by atoms with Crippen LogP contribution in [0.4, 0.5) is 8.78 Å². The number of benzene rings is 1. The van der Waals surface area contributed by atoms with Crippen molar-refractivity contribution in [2.24, 2.45) is 0 Å². The maximum atomic E-state index is 13.3. The van der Waals surface area contributed by atoms with Gasteiger partial charge in [0.15, 0.2) is 0 Å². The number of hydrogen-bond donors (Lipinski definition) is 0. The lowest BCUT2D eigenvalue weighted by molar-refractivity contribution is 0.120. The standard InChI is InChI=1S/C23H25F2N5O/c24-20(25)14-30-22(28-18-8-2-1-7-17(18)23(30)31)19-9-4-10-29(19)13-15-11-26-21(27-12-15)16-5-3-6-16/h1-2,7-8,11-12,16,19-20H,3-6,9-10,13-14H2. The Kier molecular flexibility index (Phi) is 5.48. The third kappa shape index (κ3) is 3.96. The highest BCUT2D eigenvalue weighted by molar-refractivity contribution is 5.77. The molecule has 0 amide bonds. The second-order valence-electron chi connectivity index (χ2n) is 8.50. The van der Waals surface area contributed by atoms with Gasteiger partial charge in [0.2, 0.25) is 0 Å². The van der Waals surface area contributed by atoms with Crippen molar-refractivity contribution in [2.75, 3.05) is 6.54 Å². The summed E-state index contributed by atoms with van der Waals surface area (Å²) in [5.41, 5.74) is 1.13. The minimum atomic E-state index is -2.62. The molecule has 8 heteroatoms. The van der Waals surface area contributed by atoms with Crippen LogP contribution in [-0.4, -0.2) is 37.4 Å². The van der Waals surface area contributed by atoms with Crippen molar-refractivity contribution in [2.45, 2.75) is 63.6 Å². The molecule has 0 N–H and O–H groups in total. The highest BCUT2D eigenvalue weighted by atomic mass is 19.3. The number of fused-ring (bicyclic) bond motifs is 1. The van der Waals surface area contributed by atoms with Crippen LogP contribution in [0.25, 0.3) is 10.9 Å². The van der Waals surface area contributed by atoms with Gasteiger partial charge in [-0.2, -0.15) is 0 Å². The molecule has 0 bridgehead atoms. The molecule has 31 heavy (non-hydrogen) atoms. The number of nitrogens with zero attached hydrogens (tertiary/aromatic N) is 5. The van der Waals surface area contributed by atoms with Gasteiger partial charge in [0.05, 0.1) is 23.5 Å². The Hall–Kier alpha value is -2.74. The van der Waals surface area contributed by atoms with Gasteiger partial charge in [0, 0.05) is 30.4 Å². The molecule has 0 spiro atoms. The van der Waals surface area contributed by atoms with E-state index < -0.39 is 18.5 Å². The first-order valence-corrected chi connectivity index (χ1v) is 10.9. The summed E-state index contributed by atoms with van der Waals surface area (Å²) >= 11 is 0. The Bertz CT molecular complexity index is 1130. The van der Waals surface area contributed by atoms with E-state index >= 15 is 0 Å². The van der Waals surface area contributed by atoms with E-state index in [1.807, 2.05) is 18.5 Å². The second-order valence-corrected chi connectivity index (χ2v) is 8.50. The van der Waals surface area contributed by atoms with Crippen molar-refractivity contribution < 1.29 is 8.78 Å². The molecule has 1 saturated carbocycles. The van der Waals surface area contributed by atoms with E-state index in [4.69, 9.17) is 0 Å². The molecule has 2 fully saturated rings. The third-order valence-corrected chi connectivity index (χ3v) is 6.45. The lowest BCUT2D eigenvalue weighted by Gasteiger charge is -2.27. The summed E-state index contributed by atoms with van der Waals surface area (Å²) in [6, 6.07) is 6.75. The first-order valence-electron chi connectivity index (χ1n) is 10.9. The summed E-state index contributed by atoms with van der Waals surface area (Å²) in [5, 5.41) is 0.372. The highest BCUT2D eigenvalue weighted by Crippen LogP contribution is 2.35. The second kappa shape index (κ2) is 8.42. The van der Waals surface area contributed by atoms with Gasteiger partial charge in [-0.15, -0.1) is 0 Å². The van der Waals surface area contributed by atoms with Crippen LogP contribution in [0.15, 0.2) is 41.5 Å². The van der Waals surface area contributed by atoms with E-state index in [1.54, 1.807) is 18.2 Å². The molecule has 1 unspecified atom stereocenters. The van der Waals surface area contributed by atoms with Gasteiger partial charge in [-0.05, 0) is 44.4 Å². The number of aromatic nitrogens is 4. The Morgan fingerprint density at radius 2 is 1.84 bits per heavy atom. The zero-order valence-corrected chi connectivity index (χ0v) is 17.3. The summed E-state index contributed by atoms with van der Waals surface area (Å²) in [6.07, 6.45) is 6.36. The molecule has 2 aromatic heterocycles. The maximum absolute atomic E-state index is 13.3. The smallest absolute Gasteiger partial charge is 0.261 e. The summed E-state index contributed by atoms with van der Waals surface area (Å²) < 4.78 is 27.8. The Labute approximate surface area is 179 Å². The van der Waals surface area contributed by atoms with Gasteiger partial charge in [-0.3, -0.25) is 14.3 Å². The van der Waals surface area contributed by atoms with E-state index in [9.17, 15) is 13.6 Å². The molecule has 2 aliphatic rings. The molecule has 5 rings (SSSR count). The van der Waals surface area contributed by atoms with Gasteiger partial charge in [-0.1, -0.05) is 18.6 Å². The van der Waals surface area contributed by atoms with E-state index in [1.165, 1.54) is 11.0 Å². The summed E-state index contributed by atoms with van der Waals surface area (Å²) in [5.74, 6) is 1.82. The maximum Gasteiger partial charge on any atom is 0.261 e. The van der Waals surface area contributed by atoms with Gasteiger partial charge in [0.25, 0.3) is 12.0 Å². The fourth-order valence-corrected chi connectivity index (χ4v) is 4.62. The molecule has 0 radical (unpaired) electrons. The Morgan fingerprint density at radius 3 is 2.55 bits per heavy atom. The molecule has 1 aliphatic carbocycles. The quantitative estimate of drug-likeness (QED) is 0.596. The van der Waals surface area contributed by atoms with Crippen molar-refractivity contribution in [1.82, 2.24) is 24.4 Å². The topological polar surface area (TPSA) is 63.9 Å². The summed E-state index contributed by atoms with van der Waals surface area (Å²) in [6.45, 7) is 0.773. The first kappa shape index (κ1) is 20.2. The van der Waals surface area contributed by atoms with Gasteiger partial charge in [0.1, 0.15) is 11.6 Å². The van der Waals surface area contributed by atoms with Gasteiger partial charge >= 0.3 is 0 Å². The van der Waals surface area contributed by atoms with Gasteiger partial charge < -0.3 is 0 Å². The number of alkyl halides is 2. The first-order chi connectivity index (χ1) is 15.1. The van der Waals surface area contributed by atoms with Crippen LogP contribution in [0, 0.1) is 0 Å². The number of hydrogen-bond acceptors (Lipinski definition) is 5. The van der Waals surface area contributed by atoms with Crippen molar-refractivity contribution >= 4 is 10.9 Å². The van der Waals surface area contributed by atoms with E-state index in [0.29, 0.717) is 29.2 Å². The average molecular weight is 425 g/mol. The van der Waals surface area contributed by atoms with Crippen LogP contribution >= 0.6 is 0 Å². The molecule has 3 heterocycles. The predicted molar refractivity (Wildman–Crippen MR) is 113 cm³/mol. The average Bonchev–Trinajstić information content (AvgIpc) is 3.18. The molecule has 162 valence electrons. The summed E-state index contributed by atoms with van der Waals surface area (Å²) in [7, 11) is 0. The number of rotatable bonds is 6. The largest absolute Gasteiger partial charge is 0.289 e. The van der Waals surface area contributed by atoms with Crippen LogP contribution in [0.5, 0.6) is 0 Å². The van der Waals surface area contributed by atoms with Crippen molar-refractivity contribution in [3.63, 3.8) is 0 Å². The third-order valence-electron chi connectivity index (χ3n) is 6.45. The van der Waals surface area contributed by atoms with Crippen molar-refractivity contribution in [3.8, 4) is 0 Å². The fourth-order valence-electron chi connectivity index (χ4n) is 4.62. The van der Waals surface area contributed by atoms with Gasteiger partial charge in [-0.25, -0.2) is 23.7 Å². The Balaban J connectivity index is 1.46. The molecular formula is C23H25F2N5O. The minimum absolute atomic E-state index is 0.192. The lowest BCUT2D eigenvalue weighted by atomic mass is 9.85. The van der Waals surface area contributed by atoms with Crippen LogP contribution in [0.1, 0.15) is 61.3 Å². The molecule has 1 aromatic carbocycles. The fraction of sp³-hybridized carbons (Fsp3) is 0.478. The molecular weight excluding hydrogens is 400 g/mol. The SMILES string of the molecule is O=c1c2ccccc2nc(C2CCCN2Cc2cnc(C3CCC3)nc2)n1CC(F)F. The van der Waals surface area contributed by atoms with E-state index in [-0.39, 0.29) is 6.04 Å². The Morgan fingerprint density at radius 1 is 1.06 bits per heavy atom. The lowest BCUT2D eigenvalue weighted by Crippen LogP contribution is -2.33. The van der Waals surface area contributed by atoms with Crippen LogP contribution in [0.3, 0.4) is 0 Å². The molecule has 3 aromatic rings. The zero-order valence-electron chi connectivity index (χ0n) is 17.3. The molecule has 1 atom stereocenters. The van der Waals surface area contributed by atoms with Crippen molar-refractivity contribution in [1.29, 1.82) is 0 Å². The number of halogens is 2. The molecule has 1 aliphatic heterocycles. The zero-order chi connectivity index (χ0) is 21.4. The molecule has 1 saturated heterocycles. The number of likely N-dealkylation sites (tertiary alicyclic amines) is 1. The van der Waals surface area contributed by atoms with Crippen LogP contribution in [0.2, 0.25) is 0 Å². The number of para-hydroxylation sites is 1. The normalized spacial score (nSPS) is 19.9.